The molecule has 1 saturated heterocycles. The molecule has 36 heavy (non-hydrogen) atoms. The van der Waals surface area contributed by atoms with Crippen LogP contribution in [0.1, 0.15) is 57.4 Å². The molecule has 4 rings (SSSR count). The van der Waals surface area contributed by atoms with Crippen molar-refractivity contribution in [1.29, 1.82) is 0 Å². The summed E-state index contributed by atoms with van der Waals surface area (Å²) < 4.78 is 33.8. The molecule has 0 spiro atoms. The predicted octanol–water partition coefficient (Wildman–Crippen LogP) is 0.856. The van der Waals surface area contributed by atoms with E-state index in [2.05, 4.69) is 43.3 Å². The summed E-state index contributed by atoms with van der Waals surface area (Å²) in [6.07, 6.45) is 0. The fourth-order valence-corrected chi connectivity index (χ4v) is 6.46. The summed E-state index contributed by atoms with van der Waals surface area (Å²) in [6.45, 7) is 8.77. The second-order valence-electron chi connectivity index (χ2n) is 9.95. The van der Waals surface area contributed by atoms with Crippen molar-refractivity contribution < 1.29 is 38.7 Å². The Kier molecular flexibility index (Phi) is 7.50. The van der Waals surface area contributed by atoms with E-state index in [0.29, 0.717) is 18.1 Å². The number of aryl methyl sites for hydroxylation is 2. The number of carbonyl (C=O) groups excluding carboxylic acids is 1. The van der Waals surface area contributed by atoms with Gasteiger partial charge >= 0.3 is 224 Å². The van der Waals surface area contributed by atoms with Crippen LogP contribution in [0.2, 0.25) is 0 Å². The van der Waals surface area contributed by atoms with Crippen molar-refractivity contribution in [2.75, 3.05) is 16.5 Å². The Morgan fingerprint density at radius 2 is 1.78 bits per heavy atom. The summed E-state index contributed by atoms with van der Waals surface area (Å²) in [5.74, 6) is 0.118. The van der Waals surface area contributed by atoms with E-state index in [0.717, 1.165) is 26.2 Å². The molecule has 0 bridgehead atoms. The Bertz CT molecular complexity index is 1360. The van der Waals surface area contributed by atoms with Crippen molar-refractivity contribution >= 4 is 21.8 Å². The van der Waals surface area contributed by atoms with E-state index in [1.165, 1.54) is 29.4 Å². The summed E-state index contributed by atoms with van der Waals surface area (Å²) in [5, 5.41) is 8.65. The van der Waals surface area contributed by atoms with Crippen LogP contribution < -0.4 is 31.6 Å². The first-order valence-electron chi connectivity index (χ1n) is 11.6. The molecule has 3 aromatic rings. The molecule has 0 aliphatic carbocycles. The molecule has 1 unspecified atom stereocenters. The quantitative estimate of drug-likeness (QED) is 0.228. The van der Waals surface area contributed by atoms with Crippen LogP contribution in [-0.4, -0.2) is 35.6 Å². The molecule has 1 aromatic heterocycles. The normalized spacial score (nSPS) is 15.8. The number of halogens is 1. The number of hydroxylamine groups is 1. The molecule has 0 saturated carbocycles. The number of hydrogen-bond acceptors (Lipinski definition) is 6. The van der Waals surface area contributed by atoms with Crippen LogP contribution in [0.25, 0.3) is 0 Å². The molecule has 2 heterocycles. The number of aromatic nitrogens is 2. The van der Waals surface area contributed by atoms with Crippen LogP contribution >= 0.6 is 0 Å². The van der Waals surface area contributed by atoms with E-state index >= 15 is 0 Å². The summed E-state index contributed by atoms with van der Waals surface area (Å²) in [7, 11) is -0.838. The van der Waals surface area contributed by atoms with Gasteiger partial charge in [0.25, 0.3) is 0 Å². The second-order valence-corrected chi connectivity index (χ2v) is 14.7. The summed E-state index contributed by atoms with van der Waals surface area (Å²) >= 11 is -0.0929. The molecule has 1 N–H and O–H groups in total. The van der Waals surface area contributed by atoms with Gasteiger partial charge < -0.3 is 0 Å². The maximum absolute atomic E-state index is 13.3. The summed E-state index contributed by atoms with van der Waals surface area (Å²) in [6, 6.07) is 14.7. The maximum atomic E-state index is 13.3. The zero-order valence-electron chi connectivity index (χ0n) is 21.4. The van der Waals surface area contributed by atoms with E-state index in [4.69, 9.17) is 4.28 Å². The standard InChI is InChI=1S/C26H32IN4O4S/c1-17-7-13-20(14-8-17)36(33,34)35-31(6)24-22(21-15-27-21)23(30(5)29-24)25(32)28-16-18-9-11-19(12-10-18)26(2,3)4/h7-14,21H,15-16H2,1-6H3,(H,28,32)/q-1. The van der Waals surface area contributed by atoms with Gasteiger partial charge in [-0.25, -0.2) is 0 Å². The minimum absolute atomic E-state index is 0.0618. The van der Waals surface area contributed by atoms with Crippen LogP contribution in [0.4, 0.5) is 5.82 Å². The van der Waals surface area contributed by atoms with Gasteiger partial charge in [0.15, 0.2) is 0 Å². The first kappa shape index (κ1) is 26.6. The Morgan fingerprint density at radius 1 is 1.17 bits per heavy atom. The van der Waals surface area contributed by atoms with Gasteiger partial charge in [0.2, 0.25) is 0 Å². The van der Waals surface area contributed by atoms with Crippen LogP contribution in [0.5, 0.6) is 0 Å². The summed E-state index contributed by atoms with van der Waals surface area (Å²) in [5.41, 5.74) is 4.46. The van der Waals surface area contributed by atoms with Gasteiger partial charge in [0.05, 0.1) is 0 Å². The Labute approximate surface area is 223 Å². The molecular formula is C26H32IN4O4S-. The predicted molar refractivity (Wildman–Crippen MR) is 135 cm³/mol. The molecule has 1 aliphatic heterocycles. The topological polar surface area (TPSA) is 93.5 Å². The van der Waals surface area contributed by atoms with E-state index in [-0.39, 0.29) is 41.3 Å². The average Bonchev–Trinajstić information content (AvgIpc) is 3.59. The third kappa shape index (κ3) is 5.92. The first-order chi connectivity index (χ1) is 16.9. The number of alkyl halides is 2. The van der Waals surface area contributed by atoms with Gasteiger partial charge in [-0.05, 0) is 0 Å². The molecule has 1 amide bonds. The fourth-order valence-electron chi connectivity index (χ4n) is 3.83. The first-order valence-corrected chi connectivity index (χ1v) is 15.8. The Morgan fingerprint density at radius 3 is 2.33 bits per heavy atom. The van der Waals surface area contributed by atoms with E-state index in [1.807, 2.05) is 19.1 Å². The third-order valence-corrected chi connectivity index (χ3v) is 9.65. The van der Waals surface area contributed by atoms with Gasteiger partial charge in [-0.1, -0.05) is 0 Å². The Balaban J connectivity index is 1.53. The minimum atomic E-state index is -4.05. The van der Waals surface area contributed by atoms with Crippen molar-refractivity contribution in [2.24, 2.45) is 7.05 Å². The number of nitrogens with one attached hydrogen (secondary N) is 1. The zero-order chi connectivity index (χ0) is 26.3. The summed E-state index contributed by atoms with van der Waals surface area (Å²) in [4.78, 5) is 13.3. The second kappa shape index (κ2) is 10.1. The van der Waals surface area contributed by atoms with Crippen molar-refractivity contribution in [1.82, 2.24) is 15.1 Å². The van der Waals surface area contributed by atoms with Crippen LogP contribution in [-0.2, 0) is 33.4 Å². The van der Waals surface area contributed by atoms with Gasteiger partial charge in [-0.15, -0.1) is 0 Å². The van der Waals surface area contributed by atoms with Crippen molar-refractivity contribution in [3.63, 3.8) is 0 Å². The number of rotatable bonds is 8. The zero-order valence-corrected chi connectivity index (χ0v) is 24.3. The third-order valence-electron chi connectivity index (χ3n) is 5.99. The Hall–Kier alpha value is -2.44. The van der Waals surface area contributed by atoms with Crippen LogP contribution in [0.15, 0.2) is 53.4 Å². The van der Waals surface area contributed by atoms with Crippen molar-refractivity contribution in [3.05, 3.63) is 76.5 Å². The van der Waals surface area contributed by atoms with E-state index < -0.39 is 10.1 Å². The number of benzene rings is 2. The molecule has 1 fully saturated rings. The van der Waals surface area contributed by atoms with Crippen LogP contribution in [0, 0.1) is 6.92 Å². The molecule has 194 valence electrons. The number of carbonyl (C=O) groups is 1. The molecule has 1 aliphatic rings. The van der Waals surface area contributed by atoms with E-state index in [9.17, 15) is 13.2 Å². The van der Waals surface area contributed by atoms with Crippen LogP contribution in [0.3, 0.4) is 0 Å². The molecular weight excluding hydrogens is 591 g/mol. The molecule has 0 radical (unpaired) electrons. The van der Waals surface area contributed by atoms with Gasteiger partial charge in [-0.2, -0.15) is 0 Å². The number of nitrogens with zero attached hydrogens (tertiary/aromatic N) is 3. The van der Waals surface area contributed by atoms with Gasteiger partial charge in [0, 0.05) is 0 Å². The van der Waals surface area contributed by atoms with E-state index in [1.54, 1.807) is 19.2 Å². The van der Waals surface area contributed by atoms with Crippen molar-refractivity contribution in [2.45, 2.75) is 48.5 Å². The number of amides is 1. The number of hydrogen-bond donors (Lipinski definition) is 1. The van der Waals surface area contributed by atoms with Crippen molar-refractivity contribution in [3.8, 4) is 0 Å². The molecule has 10 heteroatoms. The molecule has 1 atom stereocenters. The monoisotopic (exact) mass is 623 g/mol. The SMILES string of the molecule is Cc1ccc(S(=O)(=O)ON(C)c2nn(C)c(C(=O)NCc3ccc(C(C)(C)C)cc3)c2C2C[I-]2)cc1. The van der Waals surface area contributed by atoms with Gasteiger partial charge in [0.1, 0.15) is 0 Å². The molecule has 2 aromatic carbocycles. The average molecular weight is 624 g/mol. The molecule has 8 nitrogen and oxygen atoms in total. The number of anilines is 1. The van der Waals surface area contributed by atoms with Gasteiger partial charge in [-0.3, -0.25) is 0 Å². The fraction of sp³-hybridized carbons (Fsp3) is 0.385.